The van der Waals surface area contributed by atoms with Crippen molar-refractivity contribution in [2.45, 2.75) is 33.2 Å². The summed E-state index contributed by atoms with van der Waals surface area (Å²) in [5.41, 5.74) is 1.77. The van der Waals surface area contributed by atoms with Gasteiger partial charge in [-0.3, -0.25) is 4.90 Å². The largest absolute Gasteiger partial charge is 0.480 e. The van der Waals surface area contributed by atoms with E-state index in [-0.39, 0.29) is 5.92 Å². The highest BCUT2D eigenvalue weighted by Gasteiger charge is 2.26. The number of nitrogens with one attached hydrogen (secondary N) is 1. The van der Waals surface area contributed by atoms with Crippen molar-refractivity contribution in [2.24, 2.45) is 5.92 Å². The number of hydrogen-bond donors (Lipinski definition) is 2. The van der Waals surface area contributed by atoms with Gasteiger partial charge in [0.15, 0.2) is 0 Å². The number of carbonyl (C=O) groups excluding carboxylic acids is 1. The zero-order valence-corrected chi connectivity index (χ0v) is 12.4. The number of amides is 2. The van der Waals surface area contributed by atoms with Crippen molar-refractivity contribution in [1.29, 1.82) is 0 Å². The predicted molar refractivity (Wildman–Crippen MR) is 79.0 cm³/mol. The van der Waals surface area contributed by atoms with Crippen molar-refractivity contribution >= 4 is 17.7 Å². The van der Waals surface area contributed by atoms with Gasteiger partial charge in [0.2, 0.25) is 0 Å². The summed E-state index contributed by atoms with van der Waals surface area (Å²) < 4.78 is 0. The van der Waals surface area contributed by atoms with Crippen LogP contribution in [-0.4, -0.2) is 30.2 Å². The first-order valence-electron chi connectivity index (χ1n) is 6.70. The van der Waals surface area contributed by atoms with Crippen LogP contribution in [0.3, 0.4) is 0 Å². The van der Waals surface area contributed by atoms with Gasteiger partial charge in [-0.25, -0.2) is 9.59 Å². The molecule has 0 spiro atoms. The van der Waals surface area contributed by atoms with E-state index >= 15 is 0 Å². The topological polar surface area (TPSA) is 69.6 Å². The molecule has 1 aromatic rings. The number of rotatable bonds is 5. The summed E-state index contributed by atoms with van der Waals surface area (Å²) in [5, 5.41) is 11.8. The van der Waals surface area contributed by atoms with E-state index in [1.165, 1.54) is 4.90 Å². The number of aliphatic carboxylic acids is 1. The number of carboxylic acid groups (broad SMARTS) is 1. The van der Waals surface area contributed by atoms with Gasteiger partial charge in [0.05, 0.1) is 0 Å². The lowest BCUT2D eigenvalue weighted by Gasteiger charge is -2.24. The summed E-state index contributed by atoms with van der Waals surface area (Å²) in [7, 11) is 1.62. The molecule has 1 rings (SSSR count). The number of nitrogens with zero attached hydrogens (tertiary/aromatic N) is 1. The molecular formula is C15H22N2O3. The lowest BCUT2D eigenvalue weighted by atomic mass is 9.99. The average Bonchev–Trinajstić information content (AvgIpc) is 2.42. The third kappa shape index (κ3) is 3.98. The zero-order valence-electron chi connectivity index (χ0n) is 12.4. The maximum absolute atomic E-state index is 12.1. The van der Waals surface area contributed by atoms with Gasteiger partial charge in [-0.2, -0.15) is 0 Å². The Hall–Kier alpha value is -2.04. The molecule has 2 unspecified atom stereocenters. The van der Waals surface area contributed by atoms with Crippen molar-refractivity contribution in [1.82, 2.24) is 5.32 Å². The molecule has 0 aliphatic rings. The minimum atomic E-state index is -1.01. The highest BCUT2D eigenvalue weighted by molar-refractivity contribution is 5.94. The van der Waals surface area contributed by atoms with Crippen LogP contribution in [0, 0.1) is 12.8 Å². The molecule has 1 aromatic carbocycles. The lowest BCUT2D eigenvalue weighted by molar-refractivity contribution is -0.140. The third-order valence-electron chi connectivity index (χ3n) is 3.45. The zero-order chi connectivity index (χ0) is 15.3. The van der Waals surface area contributed by atoms with Gasteiger partial charge in [-0.15, -0.1) is 0 Å². The summed E-state index contributed by atoms with van der Waals surface area (Å²) in [5.74, 6) is -1.13. The van der Waals surface area contributed by atoms with Gasteiger partial charge in [0, 0.05) is 12.7 Å². The van der Waals surface area contributed by atoms with Crippen LogP contribution in [-0.2, 0) is 4.79 Å². The number of carboxylic acids is 1. The monoisotopic (exact) mass is 278 g/mol. The highest BCUT2D eigenvalue weighted by Crippen LogP contribution is 2.15. The molecule has 0 bridgehead atoms. The lowest BCUT2D eigenvalue weighted by Crippen LogP contribution is -2.49. The maximum Gasteiger partial charge on any atom is 0.326 e. The Morgan fingerprint density at radius 2 is 2.05 bits per heavy atom. The molecule has 110 valence electrons. The van der Waals surface area contributed by atoms with E-state index < -0.39 is 18.0 Å². The standard InChI is InChI=1S/C15H22N2O3/c1-5-11(3)13(14(18)19)16-15(20)17(4)12-8-6-7-10(2)9-12/h6-9,11,13H,5H2,1-4H3,(H,16,20)(H,18,19). The minimum absolute atomic E-state index is 0.123. The number of carbonyl (C=O) groups is 2. The van der Waals surface area contributed by atoms with Crippen molar-refractivity contribution in [3.63, 3.8) is 0 Å². The Bertz CT molecular complexity index is 488. The summed E-state index contributed by atoms with van der Waals surface area (Å²) >= 11 is 0. The highest BCUT2D eigenvalue weighted by atomic mass is 16.4. The van der Waals surface area contributed by atoms with Crippen LogP contribution in [0.2, 0.25) is 0 Å². The fraction of sp³-hybridized carbons (Fsp3) is 0.467. The third-order valence-corrected chi connectivity index (χ3v) is 3.45. The Morgan fingerprint density at radius 3 is 2.55 bits per heavy atom. The van der Waals surface area contributed by atoms with E-state index in [1.54, 1.807) is 7.05 Å². The molecule has 0 saturated carbocycles. The minimum Gasteiger partial charge on any atom is -0.480 e. The second-order valence-corrected chi connectivity index (χ2v) is 5.05. The number of benzene rings is 1. The fourth-order valence-electron chi connectivity index (χ4n) is 1.87. The Kier molecular flexibility index (Phi) is 5.55. The van der Waals surface area contributed by atoms with E-state index in [4.69, 9.17) is 0 Å². The molecule has 0 aromatic heterocycles. The Balaban J connectivity index is 2.81. The smallest absolute Gasteiger partial charge is 0.326 e. The molecule has 5 nitrogen and oxygen atoms in total. The Labute approximate surface area is 119 Å². The molecule has 0 fully saturated rings. The van der Waals surface area contributed by atoms with Crippen LogP contribution in [0.5, 0.6) is 0 Å². The number of hydrogen-bond acceptors (Lipinski definition) is 2. The summed E-state index contributed by atoms with van der Waals surface area (Å²) in [6, 6.07) is 6.19. The fourth-order valence-corrected chi connectivity index (χ4v) is 1.87. The average molecular weight is 278 g/mol. The predicted octanol–water partition coefficient (Wildman–Crippen LogP) is 2.64. The van der Waals surface area contributed by atoms with Crippen LogP contribution >= 0.6 is 0 Å². The molecule has 20 heavy (non-hydrogen) atoms. The number of anilines is 1. The van der Waals surface area contributed by atoms with E-state index in [0.29, 0.717) is 6.42 Å². The van der Waals surface area contributed by atoms with Crippen LogP contribution in [0.15, 0.2) is 24.3 Å². The first-order valence-corrected chi connectivity index (χ1v) is 6.70. The van der Waals surface area contributed by atoms with E-state index in [9.17, 15) is 14.7 Å². The summed E-state index contributed by atoms with van der Waals surface area (Å²) in [6.07, 6.45) is 0.686. The molecule has 0 saturated heterocycles. The van der Waals surface area contributed by atoms with Crippen molar-refractivity contribution in [3.05, 3.63) is 29.8 Å². The number of aryl methyl sites for hydroxylation is 1. The second-order valence-electron chi connectivity index (χ2n) is 5.05. The molecule has 2 N–H and O–H groups in total. The van der Waals surface area contributed by atoms with Gasteiger partial charge >= 0.3 is 12.0 Å². The van der Waals surface area contributed by atoms with Crippen LogP contribution < -0.4 is 10.2 Å². The molecule has 2 amide bonds. The van der Waals surface area contributed by atoms with Gasteiger partial charge in [-0.05, 0) is 30.5 Å². The van der Waals surface area contributed by atoms with Gasteiger partial charge < -0.3 is 10.4 Å². The van der Waals surface area contributed by atoms with Crippen molar-refractivity contribution in [2.75, 3.05) is 11.9 Å². The quantitative estimate of drug-likeness (QED) is 0.870. The van der Waals surface area contributed by atoms with Gasteiger partial charge in [-0.1, -0.05) is 32.4 Å². The first-order chi connectivity index (χ1) is 9.36. The van der Waals surface area contributed by atoms with Gasteiger partial charge in [0.25, 0.3) is 0 Å². The van der Waals surface area contributed by atoms with E-state index in [1.807, 2.05) is 45.0 Å². The van der Waals surface area contributed by atoms with Crippen LogP contribution in [0.25, 0.3) is 0 Å². The molecule has 5 heteroatoms. The SMILES string of the molecule is CCC(C)C(NC(=O)N(C)c1cccc(C)c1)C(=O)O. The van der Waals surface area contributed by atoms with E-state index in [0.717, 1.165) is 11.3 Å². The molecule has 2 atom stereocenters. The van der Waals surface area contributed by atoms with Crippen molar-refractivity contribution in [3.8, 4) is 0 Å². The van der Waals surface area contributed by atoms with Crippen LogP contribution in [0.1, 0.15) is 25.8 Å². The van der Waals surface area contributed by atoms with Gasteiger partial charge in [0.1, 0.15) is 6.04 Å². The Morgan fingerprint density at radius 1 is 1.40 bits per heavy atom. The molecule has 0 radical (unpaired) electrons. The molecule has 0 aliphatic heterocycles. The molecule has 0 aliphatic carbocycles. The van der Waals surface area contributed by atoms with Crippen LogP contribution in [0.4, 0.5) is 10.5 Å². The normalized spacial score (nSPS) is 13.4. The molecular weight excluding hydrogens is 256 g/mol. The molecule has 0 heterocycles. The second kappa shape index (κ2) is 6.93. The summed E-state index contributed by atoms with van der Waals surface area (Å²) in [4.78, 5) is 24.8. The first kappa shape index (κ1) is 16.0. The number of urea groups is 1. The summed E-state index contributed by atoms with van der Waals surface area (Å²) in [6.45, 7) is 5.65. The van der Waals surface area contributed by atoms with E-state index in [2.05, 4.69) is 5.32 Å². The maximum atomic E-state index is 12.1. The van der Waals surface area contributed by atoms with Crippen molar-refractivity contribution < 1.29 is 14.7 Å².